The topological polar surface area (TPSA) is 75.2 Å². The third-order valence-electron chi connectivity index (χ3n) is 3.79. The summed E-state index contributed by atoms with van der Waals surface area (Å²) < 4.78 is 0. The molecule has 7 heteroatoms. The van der Waals surface area contributed by atoms with Crippen LogP contribution in [0.25, 0.3) is 0 Å². The fraction of sp³-hybridized carbons (Fsp3) is 0.625. The van der Waals surface area contributed by atoms with Crippen molar-refractivity contribution in [2.45, 2.75) is 45.7 Å². The zero-order valence-corrected chi connectivity index (χ0v) is 14.7. The molecule has 1 aromatic rings. The lowest BCUT2D eigenvalue weighted by atomic mass is 10.0. The molecule has 1 N–H and O–H groups in total. The van der Waals surface area contributed by atoms with Crippen molar-refractivity contribution >= 4 is 23.6 Å². The molecular weight excluding hydrogens is 312 g/mol. The number of rotatable bonds is 6. The first-order valence-electron chi connectivity index (χ1n) is 7.94. The molecule has 1 aliphatic rings. The van der Waals surface area contributed by atoms with Crippen molar-refractivity contribution in [2.75, 3.05) is 11.6 Å². The van der Waals surface area contributed by atoms with E-state index in [2.05, 4.69) is 29.1 Å². The molecule has 0 bridgehead atoms. The first-order valence-corrected chi connectivity index (χ1v) is 9.09. The van der Waals surface area contributed by atoms with E-state index >= 15 is 0 Å². The van der Waals surface area contributed by atoms with Crippen LogP contribution in [0, 0.1) is 5.92 Å². The van der Waals surface area contributed by atoms with Crippen LogP contribution in [-0.2, 0) is 4.79 Å². The zero-order chi connectivity index (χ0) is 16.8. The number of amides is 2. The van der Waals surface area contributed by atoms with E-state index in [1.165, 1.54) is 18.6 Å². The van der Waals surface area contributed by atoms with Gasteiger partial charge < -0.3 is 10.2 Å². The van der Waals surface area contributed by atoms with Gasteiger partial charge in [-0.05, 0) is 25.7 Å². The largest absolute Gasteiger partial charge is 0.352 e. The molecule has 1 saturated heterocycles. The molecule has 0 spiro atoms. The molecule has 1 aliphatic heterocycles. The normalized spacial score (nSPS) is 19.0. The van der Waals surface area contributed by atoms with Crippen LogP contribution in [0.5, 0.6) is 0 Å². The van der Waals surface area contributed by atoms with Gasteiger partial charge in [0, 0.05) is 24.2 Å². The second-order valence-electron chi connectivity index (χ2n) is 6.26. The lowest BCUT2D eigenvalue weighted by Crippen LogP contribution is -2.49. The highest BCUT2D eigenvalue weighted by atomic mass is 32.2. The number of aromatic nitrogens is 2. The fourth-order valence-electron chi connectivity index (χ4n) is 2.41. The van der Waals surface area contributed by atoms with Gasteiger partial charge in [-0.2, -0.15) is 0 Å². The smallest absolute Gasteiger partial charge is 0.275 e. The Labute approximate surface area is 141 Å². The molecule has 2 amide bonds. The van der Waals surface area contributed by atoms with Crippen LogP contribution in [0.2, 0.25) is 0 Å². The first kappa shape index (κ1) is 17.7. The molecule has 23 heavy (non-hydrogen) atoms. The summed E-state index contributed by atoms with van der Waals surface area (Å²) in [5.41, 5.74) is 0.278. The van der Waals surface area contributed by atoms with Crippen LogP contribution in [0.1, 0.15) is 44.1 Å². The van der Waals surface area contributed by atoms with E-state index in [1.54, 1.807) is 16.7 Å². The Morgan fingerprint density at radius 1 is 1.35 bits per heavy atom. The molecule has 0 radical (unpaired) electrons. The Balaban J connectivity index is 1.95. The number of hydrogen-bond acceptors (Lipinski definition) is 5. The summed E-state index contributed by atoms with van der Waals surface area (Å²) in [6.45, 7) is 6.35. The van der Waals surface area contributed by atoms with Crippen LogP contribution in [0.3, 0.4) is 0 Å². The van der Waals surface area contributed by atoms with Gasteiger partial charge >= 0.3 is 0 Å². The van der Waals surface area contributed by atoms with E-state index < -0.39 is 6.04 Å². The number of nitrogens with zero attached hydrogens (tertiary/aromatic N) is 3. The summed E-state index contributed by atoms with van der Waals surface area (Å²) in [7, 11) is 0. The van der Waals surface area contributed by atoms with Gasteiger partial charge in [0.1, 0.15) is 11.7 Å². The number of nitrogens with one attached hydrogen (secondary N) is 1. The van der Waals surface area contributed by atoms with E-state index in [-0.39, 0.29) is 23.6 Å². The molecule has 6 nitrogen and oxygen atoms in total. The van der Waals surface area contributed by atoms with Gasteiger partial charge in [0.25, 0.3) is 5.91 Å². The Bertz CT molecular complexity index is 538. The van der Waals surface area contributed by atoms with Gasteiger partial charge in [0.2, 0.25) is 5.91 Å². The maximum absolute atomic E-state index is 12.5. The summed E-state index contributed by atoms with van der Waals surface area (Å²) in [4.78, 5) is 34.5. The Morgan fingerprint density at radius 3 is 2.78 bits per heavy atom. The molecule has 1 fully saturated rings. The molecular formula is C16H24N4O2S. The minimum absolute atomic E-state index is 0.0801. The van der Waals surface area contributed by atoms with E-state index in [0.717, 1.165) is 12.8 Å². The third kappa shape index (κ3) is 4.92. The molecule has 1 aromatic heterocycles. The Morgan fingerprint density at radius 2 is 2.13 bits per heavy atom. The van der Waals surface area contributed by atoms with E-state index in [9.17, 15) is 9.59 Å². The molecule has 2 heterocycles. The minimum Gasteiger partial charge on any atom is -0.352 e. The van der Waals surface area contributed by atoms with Crippen molar-refractivity contribution in [1.82, 2.24) is 20.2 Å². The van der Waals surface area contributed by atoms with E-state index in [0.29, 0.717) is 17.5 Å². The molecule has 2 atom stereocenters. The number of carbonyl (C=O) groups excluding carboxylic acids is 2. The van der Waals surface area contributed by atoms with Crippen molar-refractivity contribution in [1.29, 1.82) is 0 Å². The minimum atomic E-state index is -0.434. The lowest BCUT2D eigenvalue weighted by molar-refractivity contribution is -0.125. The Kier molecular flexibility index (Phi) is 6.38. The number of hydrogen-bond donors (Lipinski definition) is 1. The van der Waals surface area contributed by atoms with Crippen LogP contribution in [0.15, 0.2) is 18.6 Å². The van der Waals surface area contributed by atoms with Crippen LogP contribution in [0.4, 0.5) is 0 Å². The zero-order valence-electron chi connectivity index (χ0n) is 13.9. The Hall–Kier alpha value is -1.63. The molecule has 2 rings (SSSR count). The highest BCUT2D eigenvalue weighted by Gasteiger charge is 2.36. The highest BCUT2D eigenvalue weighted by Crippen LogP contribution is 2.23. The average Bonchev–Trinajstić information content (AvgIpc) is 3.02. The quantitative estimate of drug-likeness (QED) is 0.859. The van der Waals surface area contributed by atoms with Crippen molar-refractivity contribution < 1.29 is 9.59 Å². The van der Waals surface area contributed by atoms with Crippen LogP contribution >= 0.6 is 11.8 Å². The SMILES string of the molecule is CC(C)CCC(C)NC(=O)C1CSCN1C(=O)c1cnccn1. The maximum atomic E-state index is 12.5. The van der Waals surface area contributed by atoms with Gasteiger partial charge in [-0.1, -0.05) is 13.8 Å². The van der Waals surface area contributed by atoms with Gasteiger partial charge in [0.15, 0.2) is 0 Å². The summed E-state index contributed by atoms with van der Waals surface area (Å²) in [5, 5.41) is 3.03. The highest BCUT2D eigenvalue weighted by molar-refractivity contribution is 7.99. The summed E-state index contributed by atoms with van der Waals surface area (Å²) in [5.74, 6) is 1.43. The molecule has 0 aliphatic carbocycles. The standard InChI is InChI=1S/C16H24N4O2S/c1-11(2)4-5-12(3)19-15(21)14-9-23-10-20(14)16(22)13-8-17-6-7-18-13/h6-8,11-12,14H,4-5,9-10H2,1-3H3,(H,19,21). The van der Waals surface area contributed by atoms with Gasteiger partial charge in [-0.3, -0.25) is 14.6 Å². The van der Waals surface area contributed by atoms with Crippen molar-refractivity contribution in [3.63, 3.8) is 0 Å². The lowest BCUT2D eigenvalue weighted by Gasteiger charge is -2.24. The summed E-state index contributed by atoms with van der Waals surface area (Å²) in [6.07, 6.45) is 6.46. The van der Waals surface area contributed by atoms with E-state index in [1.807, 2.05) is 6.92 Å². The first-order chi connectivity index (χ1) is 11.0. The number of carbonyl (C=O) groups is 2. The fourth-order valence-corrected chi connectivity index (χ4v) is 3.57. The van der Waals surface area contributed by atoms with E-state index in [4.69, 9.17) is 0 Å². The number of thioether (sulfide) groups is 1. The van der Waals surface area contributed by atoms with Gasteiger partial charge in [-0.25, -0.2) is 4.98 Å². The third-order valence-corrected chi connectivity index (χ3v) is 4.81. The second kappa shape index (κ2) is 8.29. The van der Waals surface area contributed by atoms with Crippen molar-refractivity contribution in [3.8, 4) is 0 Å². The maximum Gasteiger partial charge on any atom is 0.275 e. The molecule has 126 valence electrons. The van der Waals surface area contributed by atoms with Crippen molar-refractivity contribution in [3.05, 3.63) is 24.3 Å². The van der Waals surface area contributed by atoms with Crippen LogP contribution in [-0.4, -0.2) is 50.4 Å². The second-order valence-corrected chi connectivity index (χ2v) is 7.26. The average molecular weight is 336 g/mol. The summed E-state index contributed by atoms with van der Waals surface area (Å²) >= 11 is 1.58. The predicted molar refractivity (Wildman–Crippen MR) is 91.0 cm³/mol. The monoisotopic (exact) mass is 336 g/mol. The van der Waals surface area contributed by atoms with Gasteiger partial charge in [-0.15, -0.1) is 11.8 Å². The predicted octanol–water partition coefficient (Wildman–Crippen LogP) is 1.93. The van der Waals surface area contributed by atoms with Gasteiger partial charge in [0.05, 0.1) is 12.1 Å². The van der Waals surface area contributed by atoms with Crippen molar-refractivity contribution in [2.24, 2.45) is 5.92 Å². The van der Waals surface area contributed by atoms with Crippen LogP contribution < -0.4 is 5.32 Å². The molecule has 2 unspecified atom stereocenters. The molecule has 0 aromatic carbocycles. The molecule has 0 saturated carbocycles. The summed E-state index contributed by atoms with van der Waals surface area (Å²) in [6, 6.07) is -0.319.